The Kier molecular flexibility index (Phi) is 4.04. The van der Waals surface area contributed by atoms with Gasteiger partial charge in [-0.25, -0.2) is 4.98 Å². The van der Waals surface area contributed by atoms with E-state index in [2.05, 4.69) is 10.3 Å². The molecule has 144 valence electrons. The number of rotatable bonds is 5. The Morgan fingerprint density at radius 1 is 1.26 bits per heavy atom. The number of imidazole rings is 1. The minimum absolute atomic E-state index is 0.0167. The molecular weight excluding hydrogens is 338 g/mol. The molecule has 2 aromatic heterocycles. The second-order valence-corrected chi connectivity index (χ2v) is 9.49. The smallest absolute Gasteiger partial charge is 0.268 e. The van der Waals surface area contributed by atoms with E-state index in [1.807, 2.05) is 35.7 Å². The normalized spacial score (nSPS) is 32.7. The Morgan fingerprint density at radius 3 is 2.56 bits per heavy atom. The SMILES string of the molecule is CC(CO)c1cn2c(C(=O)NCC34CC5CC(CC(C5)C3)C4)cccc2n1. The van der Waals surface area contributed by atoms with Crippen molar-refractivity contribution in [3.8, 4) is 0 Å². The quantitative estimate of drug-likeness (QED) is 0.851. The Bertz CT molecular complexity index is 836. The van der Waals surface area contributed by atoms with E-state index in [0.29, 0.717) is 11.1 Å². The fraction of sp³-hybridized carbons (Fsp3) is 0.636. The lowest BCUT2D eigenvalue weighted by Gasteiger charge is -2.56. The van der Waals surface area contributed by atoms with Crippen LogP contribution < -0.4 is 5.32 Å². The Balaban J connectivity index is 1.35. The molecule has 1 atom stereocenters. The van der Waals surface area contributed by atoms with Gasteiger partial charge in [-0.15, -0.1) is 0 Å². The number of nitrogens with zero attached hydrogens (tertiary/aromatic N) is 2. The molecule has 4 aliphatic rings. The number of pyridine rings is 1. The van der Waals surface area contributed by atoms with Crippen molar-refractivity contribution < 1.29 is 9.90 Å². The van der Waals surface area contributed by atoms with Gasteiger partial charge in [0.1, 0.15) is 11.3 Å². The maximum Gasteiger partial charge on any atom is 0.268 e. The van der Waals surface area contributed by atoms with E-state index in [-0.39, 0.29) is 18.4 Å². The summed E-state index contributed by atoms with van der Waals surface area (Å²) < 4.78 is 1.86. The third kappa shape index (κ3) is 2.96. The molecule has 0 spiro atoms. The molecule has 0 aliphatic heterocycles. The first-order chi connectivity index (χ1) is 13.0. The van der Waals surface area contributed by atoms with Crippen molar-refractivity contribution in [3.63, 3.8) is 0 Å². The van der Waals surface area contributed by atoms with Crippen molar-refractivity contribution in [1.82, 2.24) is 14.7 Å². The average Bonchev–Trinajstić information content (AvgIpc) is 3.08. The van der Waals surface area contributed by atoms with Gasteiger partial charge >= 0.3 is 0 Å². The van der Waals surface area contributed by atoms with Crippen LogP contribution >= 0.6 is 0 Å². The number of amides is 1. The molecule has 6 rings (SSSR count). The van der Waals surface area contributed by atoms with Crippen LogP contribution in [0, 0.1) is 23.2 Å². The second-order valence-electron chi connectivity index (χ2n) is 9.49. The van der Waals surface area contributed by atoms with Crippen LogP contribution in [0.15, 0.2) is 24.4 Å². The van der Waals surface area contributed by atoms with Gasteiger partial charge in [-0.3, -0.25) is 9.20 Å². The first-order valence-corrected chi connectivity index (χ1v) is 10.4. The van der Waals surface area contributed by atoms with E-state index in [4.69, 9.17) is 0 Å². The summed E-state index contributed by atoms with van der Waals surface area (Å²) in [6.07, 6.45) is 10.1. The van der Waals surface area contributed by atoms with Gasteiger partial charge in [0, 0.05) is 18.7 Å². The molecular formula is C22H29N3O2. The zero-order valence-electron chi connectivity index (χ0n) is 16.0. The number of carbonyl (C=O) groups is 1. The minimum Gasteiger partial charge on any atom is -0.396 e. The standard InChI is InChI=1S/C22H29N3O2/c1-14(12-26)18-11-25-19(3-2-4-20(25)24-18)21(27)23-13-22-8-15-5-16(9-22)7-17(6-15)10-22/h2-4,11,14-17,26H,5-10,12-13H2,1H3,(H,23,27). The summed E-state index contributed by atoms with van der Waals surface area (Å²) in [6, 6.07) is 5.65. The summed E-state index contributed by atoms with van der Waals surface area (Å²) in [7, 11) is 0. The van der Waals surface area contributed by atoms with Crippen molar-refractivity contribution in [2.45, 2.75) is 51.4 Å². The summed E-state index contributed by atoms with van der Waals surface area (Å²) in [4.78, 5) is 17.6. The molecule has 0 aromatic carbocycles. The van der Waals surface area contributed by atoms with E-state index in [9.17, 15) is 9.90 Å². The predicted molar refractivity (Wildman–Crippen MR) is 104 cm³/mol. The molecule has 4 saturated carbocycles. The van der Waals surface area contributed by atoms with Gasteiger partial charge in [0.05, 0.1) is 12.3 Å². The average molecular weight is 367 g/mol. The fourth-order valence-electron chi connectivity index (χ4n) is 6.41. The van der Waals surface area contributed by atoms with Crippen LogP contribution in [0.2, 0.25) is 0 Å². The third-order valence-electron chi connectivity index (χ3n) is 7.31. The van der Waals surface area contributed by atoms with Crippen molar-refractivity contribution in [2.75, 3.05) is 13.2 Å². The first kappa shape index (κ1) is 17.2. The fourth-order valence-corrected chi connectivity index (χ4v) is 6.41. The zero-order valence-corrected chi connectivity index (χ0v) is 16.0. The van der Waals surface area contributed by atoms with Crippen molar-refractivity contribution in [3.05, 3.63) is 35.8 Å². The highest BCUT2D eigenvalue weighted by molar-refractivity contribution is 5.93. The van der Waals surface area contributed by atoms with Gasteiger partial charge in [0.2, 0.25) is 0 Å². The molecule has 2 aromatic rings. The van der Waals surface area contributed by atoms with Gasteiger partial charge in [-0.1, -0.05) is 13.0 Å². The van der Waals surface area contributed by atoms with Crippen LogP contribution in [0.3, 0.4) is 0 Å². The largest absolute Gasteiger partial charge is 0.396 e. The van der Waals surface area contributed by atoms with E-state index in [0.717, 1.165) is 35.6 Å². The summed E-state index contributed by atoms with van der Waals surface area (Å²) in [5.74, 6) is 2.64. The van der Waals surface area contributed by atoms with Crippen LogP contribution in [-0.2, 0) is 0 Å². The molecule has 4 aliphatic carbocycles. The van der Waals surface area contributed by atoms with Crippen LogP contribution in [-0.4, -0.2) is 33.6 Å². The highest BCUT2D eigenvalue weighted by atomic mass is 16.3. The Morgan fingerprint density at radius 2 is 1.93 bits per heavy atom. The van der Waals surface area contributed by atoms with Gasteiger partial charge in [0.15, 0.2) is 0 Å². The van der Waals surface area contributed by atoms with E-state index < -0.39 is 0 Å². The number of hydrogen-bond acceptors (Lipinski definition) is 3. The summed E-state index contributed by atoms with van der Waals surface area (Å²) in [5, 5.41) is 12.7. The van der Waals surface area contributed by atoms with E-state index in [1.54, 1.807) is 0 Å². The van der Waals surface area contributed by atoms with Gasteiger partial charge in [-0.05, 0) is 73.8 Å². The first-order valence-electron chi connectivity index (χ1n) is 10.4. The lowest BCUT2D eigenvalue weighted by atomic mass is 9.49. The number of hydrogen-bond donors (Lipinski definition) is 2. The molecule has 0 radical (unpaired) electrons. The van der Waals surface area contributed by atoms with Crippen LogP contribution in [0.1, 0.15) is 67.5 Å². The number of aliphatic hydroxyl groups is 1. The summed E-state index contributed by atoms with van der Waals surface area (Å²) in [5.41, 5.74) is 2.54. The molecule has 4 bridgehead atoms. The topological polar surface area (TPSA) is 66.6 Å². The van der Waals surface area contributed by atoms with Crippen molar-refractivity contribution in [1.29, 1.82) is 0 Å². The van der Waals surface area contributed by atoms with E-state index >= 15 is 0 Å². The van der Waals surface area contributed by atoms with Gasteiger partial charge < -0.3 is 10.4 Å². The predicted octanol–water partition coefficient (Wildman–Crippen LogP) is 3.38. The highest BCUT2D eigenvalue weighted by Gasteiger charge is 2.50. The van der Waals surface area contributed by atoms with Crippen LogP contribution in [0.4, 0.5) is 0 Å². The second kappa shape index (κ2) is 6.33. The molecule has 5 nitrogen and oxygen atoms in total. The summed E-state index contributed by atoms with van der Waals surface area (Å²) >= 11 is 0. The number of carbonyl (C=O) groups excluding carboxylic acids is 1. The minimum atomic E-state index is -0.0344. The molecule has 4 fully saturated rings. The van der Waals surface area contributed by atoms with E-state index in [1.165, 1.54) is 38.5 Å². The highest BCUT2D eigenvalue weighted by Crippen LogP contribution is 2.59. The molecule has 1 amide bonds. The number of aliphatic hydroxyl groups excluding tert-OH is 1. The number of nitrogens with one attached hydrogen (secondary N) is 1. The monoisotopic (exact) mass is 367 g/mol. The molecule has 5 heteroatoms. The molecule has 0 saturated heterocycles. The molecule has 2 heterocycles. The third-order valence-corrected chi connectivity index (χ3v) is 7.31. The molecule has 2 N–H and O–H groups in total. The lowest BCUT2D eigenvalue weighted by Crippen LogP contribution is -2.51. The maximum absolute atomic E-state index is 13.0. The Hall–Kier alpha value is -1.88. The van der Waals surface area contributed by atoms with Gasteiger partial charge in [0.25, 0.3) is 5.91 Å². The lowest BCUT2D eigenvalue weighted by molar-refractivity contribution is -0.0503. The zero-order chi connectivity index (χ0) is 18.6. The summed E-state index contributed by atoms with van der Waals surface area (Å²) in [6.45, 7) is 2.80. The van der Waals surface area contributed by atoms with Crippen LogP contribution in [0.5, 0.6) is 0 Å². The Labute approximate surface area is 160 Å². The van der Waals surface area contributed by atoms with Crippen molar-refractivity contribution >= 4 is 11.6 Å². The maximum atomic E-state index is 13.0. The number of aromatic nitrogens is 2. The number of fused-ring (bicyclic) bond motifs is 1. The van der Waals surface area contributed by atoms with Crippen molar-refractivity contribution in [2.24, 2.45) is 23.2 Å². The van der Waals surface area contributed by atoms with Crippen LogP contribution in [0.25, 0.3) is 5.65 Å². The molecule has 27 heavy (non-hydrogen) atoms. The van der Waals surface area contributed by atoms with Gasteiger partial charge in [-0.2, -0.15) is 0 Å². The molecule has 1 unspecified atom stereocenters.